The Bertz CT molecular complexity index is 1100. The quantitative estimate of drug-likeness (QED) is 0.534. The summed E-state index contributed by atoms with van der Waals surface area (Å²) in [4.78, 5) is 17.0. The zero-order valence-corrected chi connectivity index (χ0v) is 16.9. The smallest absolute Gasteiger partial charge is 0.180 e. The van der Waals surface area contributed by atoms with Crippen molar-refractivity contribution in [1.82, 2.24) is 29.0 Å². The van der Waals surface area contributed by atoms with Crippen LogP contribution in [0.15, 0.2) is 43.1 Å². The minimum atomic E-state index is 0.906. The highest BCUT2D eigenvalue weighted by Gasteiger charge is 2.22. The van der Waals surface area contributed by atoms with E-state index in [1.54, 1.807) is 0 Å². The molecule has 4 aromatic heterocycles. The summed E-state index contributed by atoms with van der Waals surface area (Å²) in [6.45, 7) is 7.21. The average Bonchev–Trinajstić information content (AvgIpc) is 3.42. The fraction of sp³-hybridized carbons (Fsp3) is 0.350. The van der Waals surface area contributed by atoms with Crippen LogP contribution in [-0.2, 0) is 13.6 Å². The van der Waals surface area contributed by atoms with Gasteiger partial charge >= 0.3 is 0 Å². The number of fused-ring (bicyclic) bond motifs is 1. The Morgan fingerprint density at radius 3 is 2.64 bits per heavy atom. The molecule has 1 fully saturated rings. The van der Waals surface area contributed by atoms with Gasteiger partial charge in [-0.25, -0.2) is 9.97 Å². The van der Waals surface area contributed by atoms with Crippen molar-refractivity contribution in [3.63, 3.8) is 0 Å². The largest absolute Gasteiger partial charge is 0.351 e. The van der Waals surface area contributed by atoms with Crippen molar-refractivity contribution in [3.8, 4) is 11.3 Å². The molecule has 0 N–H and O–H groups in total. The van der Waals surface area contributed by atoms with Gasteiger partial charge in [0.1, 0.15) is 0 Å². The lowest BCUT2D eigenvalue weighted by Crippen LogP contribution is -2.46. The van der Waals surface area contributed by atoms with E-state index in [9.17, 15) is 0 Å². The van der Waals surface area contributed by atoms with Gasteiger partial charge in [0.15, 0.2) is 11.5 Å². The van der Waals surface area contributed by atoms with Crippen LogP contribution in [0, 0.1) is 6.92 Å². The molecule has 0 spiro atoms. The number of thiophene rings is 1. The summed E-state index contributed by atoms with van der Waals surface area (Å²) in [5.41, 5.74) is 3.00. The maximum absolute atomic E-state index is 4.68. The van der Waals surface area contributed by atoms with Gasteiger partial charge in [-0.1, -0.05) is 0 Å². The topological polar surface area (TPSA) is 54.5 Å². The summed E-state index contributed by atoms with van der Waals surface area (Å²) >= 11 is 1.90. The molecule has 7 nitrogen and oxygen atoms in total. The fourth-order valence-corrected chi connectivity index (χ4v) is 4.74. The van der Waals surface area contributed by atoms with Crippen LogP contribution in [0.5, 0.6) is 0 Å². The molecule has 1 aliphatic heterocycles. The predicted molar refractivity (Wildman–Crippen MR) is 112 cm³/mol. The average molecular weight is 394 g/mol. The molecule has 0 atom stereocenters. The van der Waals surface area contributed by atoms with Gasteiger partial charge in [-0.2, -0.15) is 5.10 Å². The summed E-state index contributed by atoms with van der Waals surface area (Å²) in [6, 6.07) is 4.46. The van der Waals surface area contributed by atoms with Crippen molar-refractivity contribution < 1.29 is 0 Å². The predicted octanol–water partition coefficient (Wildman–Crippen LogP) is 2.82. The normalized spacial score (nSPS) is 15.6. The zero-order valence-electron chi connectivity index (χ0n) is 16.1. The lowest BCUT2D eigenvalue weighted by atomic mass is 10.3. The fourth-order valence-electron chi connectivity index (χ4n) is 3.80. The molecule has 0 amide bonds. The van der Waals surface area contributed by atoms with Crippen LogP contribution >= 0.6 is 11.3 Å². The van der Waals surface area contributed by atoms with Crippen LogP contribution in [0.3, 0.4) is 0 Å². The van der Waals surface area contributed by atoms with Crippen molar-refractivity contribution in [2.45, 2.75) is 13.5 Å². The highest BCUT2D eigenvalue weighted by Crippen LogP contribution is 2.26. The number of piperazine rings is 1. The van der Waals surface area contributed by atoms with E-state index in [0.29, 0.717) is 0 Å². The molecule has 0 saturated carbocycles. The van der Waals surface area contributed by atoms with E-state index in [1.807, 2.05) is 54.1 Å². The number of anilines is 1. The van der Waals surface area contributed by atoms with Crippen LogP contribution in [0.2, 0.25) is 0 Å². The molecule has 5 heterocycles. The van der Waals surface area contributed by atoms with Crippen LogP contribution in [0.4, 0.5) is 5.82 Å². The summed E-state index contributed by atoms with van der Waals surface area (Å²) in [7, 11) is 1.93. The van der Waals surface area contributed by atoms with E-state index in [-0.39, 0.29) is 0 Å². The van der Waals surface area contributed by atoms with Crippen LogP contribution in [0.1, 0.15) is 9.75 Å². The number of hydrogen-bond acceptors (Lipinski definition) is 6. The molecule has 1 aliphatic rings. The summed E-state index contributed by atoms with van der Waals surface area (Å²) in [5.74, 6) is 0.962. The first-order valence-electron chi connectivity index (χ1n) is 9.51. The molecular formula is C20H23N7S. The second-order valence-corrected chi connectivity index (χ2v) is 8.64. The second kappa shape index (κ2) is 7.03. The van der Waals surface area contributed by atoms with Gasteiger partial charge in [-0.3, -0.25) is 14.0 Å². The van der Waals surface area contributed by atoms with E-state index in [2.05, 4.69) is 48.3 Å². The van der Waals surface area contributed by atoms with E-state index < -0.39 is 0 Å². The number of nitrogens with zero attached hydrogens (tertiary/aromatic N) is 7. The maximum atomic E-state index is 4.68. The summed E-state index contributed by atoms with van der Waals surface area (Å²) in [6.07, 6.45) is 9.63. The van der Waals surface area contributed by atoms with Gasteiger partial charge < -0.3 is 4.90 Å². The monoisotopic (exact) mass is 393 g/mol. The van der Waals surface area contributed by atoms with Gasteiger partial charge in [0.05, 0.1) is 18.1 Å². The molecule has 28 heavy (non-hydrogen) atoms. The van der Waals surface area contributed by atoms with E-state index in [0.717, 1.165) is 55.4 Å². The first-order chi connectivity index (χ1) is 13.7. The van der Waals surface area contributed by atoms with Crippen LogP contribution in [0.25, 0.3) is 16.9 Å². The summed E-state index contributed by atoms with van der Waals surface area (Å²) in [5, 5.41) is 4.28. The van der Waals surface area contributed by atoms with Crippen molar-refractivity contribution in [2.75, 3.05) is 31.1 Å². The van der Waals surface area contributed by atoms with Gasteiger partial charge in [0.2, 0.25) is 0 Å². The number of hydrogen-bond donors (Lipinski definition) is 0. The first kappa shape index (κ1) is 17.4. The van der Waals surface area contributed by atoms with E-state index in [4.69, 9.17) is 0 Å². The van der Waals surface area contributed by atoms with Gasteiger partial charge in [-0.05, 0) is 19.1 Å². The molecule has 0 bridgehead atoms. The Labute approximate surface area is 167 Å². The van der Waals surface area contributed by atoms with Crippen molar-refractivity contribution in [1.29, 1.82) is 0 Å². The molecule has 1 saturated heterocycles. The maximum Gasteiger partial charge on any atom is 0.180 e. The minimum Gasteiger partial charge on any atom is -0.351 e. The lowest BCUT2D eigenvalue weighted by molar-refractivity contribution is 0.251. The number of imidazole rings is 1. The van der Waals surface area contributed by atoms with E-state index >= 15 is 0 Å². The Morgan fingerprint density at radius 1 is 1.07 bits per heavy atom. The van der Waals surface area contributed by atoms with Gasteiger partial charge in [0, 0.05) is 73.7 Å². The first-order valence-corrected chi connectivity index (χ1v) is 10.3. The van der Waals surface area contributed by atoms with Gasteiger partial charge in [-0.15, -0.1) is 11.3 Å². The second-order valence-electron chi connectivity index (χ2n) is 7.27. The zero-order chi connectivity index (χ0) is 19.1. The SMILES string of the molecule is Cc1ccc(CN2CCN(c3nccn4c(-c5cnn(C)c5)cnc34)CC2)s1. The molecule has 8 heteroatoms. The third-order valence-electron chi connectivity index (χ3n) is 5.26. The molecule has 144 valence electrons. The molecule has 0 unspecified atom stereocenters. The molecular weight excluding hydrogens is 370 g/mol. The Kier molecular flexibility index (Phi) is 4.37. The molecule has 0 aromatic carbocycles. The number of rotatable bonds is 4. The lowest BCUT2D eigenvalue weighted by Gasteiger charge is -2.35. The third kappa shape index (κ3) is 3.18. The summed E-state index contributed by atoms with van der Waals surface area (Å²) < 4.78 is 3.92. The standard InChI is InChI=1S/C20H23N7S/c1-15-3-4-17(28-15)14-25-7-9-26(10-8-25)19-20-22-12-18(27(20)6-5-21-19)16-11-23-24(2)13-16/h3-6,11-13H,7-10,14H2,1-2H3. The third-order valence-corrected chi connectivity index (χ3v) is 6.24. The van der Waals surface area contributed by atoms with Crippen LogP contribution in [-0.4, -0.2) is 55.2 Å². The molecule has 0 aliphatic carbocycles. The van der Waals surface area contributed by atoms with Crippen molar-refractivity contribution in [3.05, 3.63) is 52.9 Å². The van der Waals surface area contributed by atoms with Crippen LogP contribution < -0.4 is 4.90 Å². The van der Waals surface area contributed by atoms with Crippen molar-refractivity contribution in [2.24, 2.45) is 7.05 Å². The Morgan fingerprint density at radius 2 is 1.93 bits per heavy atom. The Hall–Kier alpha value is -2.71. The highest BCUT2D eigenvalue weighted by atomic mass is 32.1. The van der Waals surface area contributed by atoms with Gasteiger partial charge in [0.25, 0.3) is 0 Å². The Balaban J connectivity index is 1.35. The highest BCUT2D eigenvalue weighted by molar-refractivity contribution is 7.11. The van der Waals surface area contributed by atoms with E-state index in [1.165, 1.54) is 9.75 Å². The van der Waals surface area contributed by atoms with Crippen molar-refractivity contribution >= 4 is 22.8 Å². The minimum absolute atomic E-state index is 0.906. The number of aryl methyl sites for hydroxylation is 2. The molecule has 0 radical (unpaired) electrons. The molecule has 5 rings (SSSR count). The number of aromatic nitrogens is 5. The molecule has 4 aromatic rings.